The average Bonchev–Trinajstić information content (AvgIpc) is 1.74. The van der Waals surface area contributed by atoms with Crippen LogP contribution in [-0.2, 0) is 54.2 Å². The first kappa shape index (κ1) is 108. The van der Waals surface area contributed by atoms with E-state index in [2.05, 4.69) is 72.8 Å². The Morgan fingerprint density at radius 2 is 0.438 bits per heavy atom. The van der Waals surface area contributed by atoms with Gasteiger partial charge in [-0.15, -0.1) is 0 Å². The van der Waals surface area contributed by atoms with Gasteiger partial charge in [-0.25, -0.2) is 0 Å². The third-order valence-corrected chi connectivity index (χ3v) is 50.2. The quantitative estimate of drug-likeness (QED) is 0.0545. The van der Waals surface area contributed by atoms with Crippen LogP contribution >= 0.6 is 79.7 Å². The van der Waals surface area contributed by atoms with Gasteiger partial charge in [0.1, 0.15) is 18.3 Å². The summed E-state index contributed by atoms with van der Waals surface area (Å²) in [6.45, 7) is 23.8. The van der Waals surface area contributed by atoms with E-state index in [-0.39, 0.29) is 75.2 Å². The summed E-state index contributed by atoms with van der Waals surface area (Å²) in [6.07, 6.45) is 76.6. The molecule has 0 N–H and O–H groups in total. The summed E-state index contributed by atoms with van der Waals surface area (Å²) in [5, 5.41) is 0. The molecule has 0 aliphatic heterocycles. The summed E-state index contributed by atoms with van der Waals surface area (Å²) >= 11 is -3.76. The molecule has 11 aliphatic rings. The molecule has 0 unspecified atom stereocenters. The molecule has 0 spiro atoms. The molecule has 0 aromatic heterocycles. The predicted octanol–water partition coefficient (Wildman–Crippen LogP) is 35.7. The molecule has 0 atom stereocenters. The van der Waals surface area contributed by atoms with Crippen LogP contribution in [0.1, 0.15) is 420 Å². The van der Waals surface area contributed by atoms with E-state index in [9.17, 15) is 0 Å². The van der Waals surface area contributed by atoms with Crippen LogP contribution in [0, 0.1) is 0 Å². The summed E-state index contributed by atoms with van der Waals surface area (Å²) in [5.41, 5.74) is 20.8. The Morgan fingerprint density at radius 3 is 0.612 bits per heavy atom. The molecule has 11 aliphatic carbocycles. The van der Waals surface area contributed by atoms with E-state index in [0.29, 0.717) is 0 Å². The van der Waals surface area contributed by atoms with Crippen LogP contribution in [0.4, 0.5) is 0 Å². The molecule has 690 valence electrons. The average molecular weight is 2020 g/mol. The predicted molar refractivity (Wildman–Crippen MR) is 544 cm³/mol. The first-order valence-electron chi connectivity index (χ1n) is 48.5. The van der Waals surface area contributed by atoms with Gasteiger partial charge in [-0.1, -0.05) is 72.6 Å². The van der Waals surface area contributed by atoms with Gasteiger partial charge in [0.2, 0.25) is 0 Å². The van der Waals surface area contributed by atoms with Gasteiger partial charge in [-0.3, -0.25) is 0 Å². The topological polar surface area (TPSA) is 55.4 Å². The van der Waals surface area contributed by atoms with Crippen LogP contribution in [0.3, 0.4) is 0 Å². The molecule has 0 saturated heterocycles. The van der Waals surface area contributed by atoms with E-state index in [1.807, 2.05) is 132 Å². The summed E-state index contributed by atoms with van der Waals surface area (Å²) in [7, 11) is 21.9. The maximum absolute atomic E-state index is 6.19. The molecule has 121 heavy (non-hydrogen) atoms. The molecule has 6 nitrogen and oxygen atoms in total. The van der Waals surface area contributed by atoms with Gasteiger partial charge >= 0.3 is 257 Å². The van der Waals surface area contributed by atoms with E-state index in [4.69, 9.17) is 65.9 Å². The molecule has 9 fully saturated rings. The van der Waals surface area contributed by atoms with Crippen molar-refractivity contribution in [3.8, 4) is 0 Å². The zero-order valence-corrected chi connectivity index (χ0v) is 87.5. The zero-order valence-electron chi connectivity index (χ0n) is 76.1. The van der Waals surface area contributed by atoms with E-state index in [1.54, 1.807) is 289 Å². The van der Waals surface area contributed by atoms with Gasteiger partial charge in [-0.2, -0.15) is 13.6 Å². The van der Waals surface area contributed by atoms with Crippen molar-refractivity contribution >= 4 is 99.1 Å². The molecule has 0 amide bonds. The molecule has 9 saturated carbocycles. The first-order valence-corrected chi connectivity index (χ1v) is 66.7. The van der Waals surface area contributed by atoms with Gasteiger partial charge in [-0.05, 0) is 314 Å². The number of benzene rings is 4. The van der Waals surface area contributed by atoms with Gasteiger partial charge in [0, 0.05) is 23.8 Å². The number of rotatable bonds is 23. The normalized spacial score (nSPS) is 20.5. The third kappa shape index (κ3) is 38.1. The Balaban J connectivity index is 0.000000195. The summed E-state index contributed by atoms with van der Waals surface area (Å²) in [5.74, 6) is 0. The van der Waals surface area contributed by atoms with Crippen molar-refractivity contribution in [2.45, 2.75) is 474 Å². The Kier molecular flexibility index (Phi) is 54.9. The van der Waals surface area contributed by atoms with E-state index < -0.39 is 44.2 Å². The Labute approximate surface area is 775 Å². The number of fused-ring (bicyclic) bond motifs is 2. The number of allylic oxidation sites excluding steroid dienone is 2. The van der Waals surface area contributed by atoms with Crippen molar-refractivity contribution in [1.29, 1.82) is 0 Å². The van der Waals surface area contributed by atoms with Crippen molar-refractivity contribution in [2.75, 3.05) is 0 Å². The van der Waals surface area contributed by atoms with Crippen LogP contribution in [0.5, 0.6) is 0 Å². The van der Waals surface area contributed by atoms with Crippen LogP contribution < -0.4 is 0 Å². The van der Waals surface area contributed by atoms with Gasteiger partial charge in [0.05, 0.1) is 69.2 Å². The third-order valence-electron chi connectivity index (χ3n) is 26.5. The fraction of sp³-hybridized carbons (Fsp3) is 0.712. The minimum absolute atomic E-state index is 0. The summed E-state index contributed by atoms with van der Waals surface area (Å²) < 4.78 is 35.3. The zero-order chi connectivity index (χ0) is 84.7. The Hall–Kier alpha value is 0.417. The van der Waals surface area contributed by atoms with Crippen LogP contribution in [0.25, 0.3) is 11.1 Å². The van der Waals surface area contributed by atoms with Crippen molar-refractivity contribution in [2.24, 2.45) is 0 Å². The summed E-state index contributed by atoms with van der Waals surface area (Å²) in [4.78, 5) is 0. The SMILES string of the molecule is C.C.C1CCC([PH+](C2CCCCC2)C2CCCCC2)CC1.C1CCC([PH+](C2CCCCC2)C2CCCCC2)CC1.C1CCC([PH+](C2CCCCC2)C2CCCCC2)CC1.CC(C)OP(OC(C)C)OC(C)C.CC(C)O[PH+](OC(C)C)OC(C)C.[Cl][Ru]([Cl])=[C]1C=C(c2ccccc2)c2ccccc21.[Cl][Ru]([Cl])=[C]1C=C(c2ccccc2)c2ccccc21. The molecule has 4 aromatic carbocycles. The van der Waals surface area contributed by atoms with Crippen molar-refractivity contribution < 1.29 is 54.2 Å². The molecular formula is C104H173Cl4O6P5Ru2+4. The van der Waals surface area contributed by atoms with E-state index in [1.165, 1.54) is 95.5 Å². The second-order valence-electron chi connectivity index (χ2n) is 37.9. The Morgan fingerprint density at radius 1 is 0.256 bits per heavy atom. The molecule has 0 bridgehead atoms. The number of hydrogen-bond donors (Lipinski definition) is 0. The first-order chi connectivity index (χ1) is 57.7. The molecule has 15 rings (SSSR count). The second-order valence-corrected chi connectivity index (χ2v) is 62.2. The minimum atomic E-state index is -1.88. The fourth-order valence-corrected chi connectivity index (χ4v) is 44.6. The van der Waals surface area contributed by atoms with Crippen LogP contribution in [0.15, 0.2) is 121 Å². The van der Waals surface area contributed by atoms with Crippen molar-refractivity contribution in [3.63, 3.8) is 0 Å². The molecule has 0 heterocycles. The maximum atomic E-state index is 6.19. The van der Waals surface area contributed by atoms with Gasteiger partial charge in [0.25, 0.3) is 0 Å². The van der Waals surface area contributed by atoms with E-state index >= 15 is 0 Å². The monoisotopic (exact) mass is 2020 g/mol. The van der Waals surface area contributed by atoms with Crippen LogP contribution in [0.2, 0.25) is 0 Å². The van der Waals surface area contributed by atoms with Gasteiger partial charge < -0.3 is 13.6 Å². The van der Waals surface area contributed by atoms with Crippen molar-refractivity contribution in [3.05, 3.63) is 155 Å². The van der Waals surface area contributed by atoms with Crippen molar-refractivity contribution in [1.82, 2.24) is 0 Å². The second kappa shape index (κ2) is 61.3. The molecule has 17 heteroatoms. The van der Waals surface area contributed by atoms with E-state index in [0.717, 1.165) is 8.21 Å². The van der Waals surface area contributed by atoms with Crippen LogP contribution in [-0.4, -0.2) is 95.8 Å². The molecule has 0 radical (unpaired) electrons. The molecular weight excluding hydrogens is 1840 g/mol. The fourth-order valence-electron chi connectivity index (χ4n) is 21.5. The summed E-state index contributed by atoms with van der Waals surface area (Å²) in [6, 6.07) is 37.3. The molecule has 4 aromatic rings. The number of halogens is 4. The number of hydrogen-bond acceptors (Lipinski definition) is 6. The standard InChI is InChI=1S/3C18H33P.2C15H10.C9H22O3P.C9H21O3P.2CH4.4ClH.2Ru/c3*1-4-10-16(11-5-1)19(17-12-6-2-7-13-17)18-14-8-3-9-15-18;2*1-2-6-12(7-3-1)15-11-10-13-8-4-5-9-14(13)15;2*1-7(2)10-13(11-8(3)4)12-9(5)6;;;;;;;;/h3*16-18H,1-15H2;2*1-9,11H;7-9,13H,1-6H3;7-9H,1-6H3;2*1H4;4*1H;;/q;;;;;+1;;;;;;;;2*+2/p-1. The van der Waals surface area contributed by atoms with Gasteiger partial charge in [0.15, 0.2) is 0 Å². The Bertz CT molecular complexity index is 3070.